The van der Waals surface area contributed by atoms with E-state index >= 15 is 0 Å². The number of aliphatic hydroxyl groups is 1. The van der Waals surface area contributed by atoms with Gasteiger partial charge in [0.1, 0.15) is 6.10 Å². The number of hydrogen-bond acceptors (Lipinski definition) is 5. The summed E-state index contributed by atoms with van der Waals surface area (Å²) in [5.41, 5.74) is 0. The maximum atomic E-state index is 12.5. The van der Waals surface area contributed by atoms with Crippen LogP contribution in [0.3, 0.4) is 0 Å². The van der Waals surface area contributed by atoms with E-state index in [0.29, 0.717) is 18.8 Å². The van der Waals surface area contributed by atoms with Gasteiger partial charge in [-0.3, -0.25) is 4.79 Å². The van der Waals surface area contributed by atoms with Crippen molar-refractivity contribution in [2.75, 3.05) is 20.6 Å². The molecule has 1 fully saturated rings. The molecule has 1 N–H and O–H groups in total. The first kappa shape index (κ1) is 52.3. The van der Waals surface area contributed by atoms with Crippen LogP contribution in [0.2, 0.25) is 0 Å². The summed E-state index contributed by atoms with van der Waals surface area (Å²) in [5, 5.41) is 11.2. The number of carbonyl (C=O) groups excluding carboxylic acids is 1. The Hall–Kier alpha value is -1.69. The molecule has 1 aliphatic carbocycles. The van der Waals surface area contributed by atoms with E-state index in [1.807, 2.05) is 14.1 Å². The van der Waals surface area contributed by atoms with Crippen molar-refractivity contribution in [1.29, 1.82) is 0 Å². The third kappa shape index (κ3) is 32.3. The Balaban J connectivity index is 2.38. The number of unbranched alkanes of at least 4 members (excludes halogenated alkanes) is 18. The minimum Gasteiger partial charge on any atom is -0.462 e. The van der Waals surface area contributed by atoms with Crippen LogP contribution in [-0.4, -0.2) is 55.1 Å². The van der Waals surface area contributed by atoms with Crippen molar-refractivity contribution in [3.8, 4) is 0 Å². The average molecular weight is 784 g/mol. The van der Waals surface area contributed by atoms with E-state index in [9.17, 15) is 9.90 Å². The lowest BCUT2D eigenvalue weighted by atomic mass is 9.93. The van der Waals surface area contributed by atoms with Crippen LogP contribution in [0.1, 0.15) is 220 Å². The number of hydrogen-bond donors (Lipinski definition) is 1. The summed E-state index contributed by atoms with van der Waals surface area (Å²) < 4.78 is 12.3. The Morgan fingerprint density at radius 3 is 1.54 bits per heavy atom. The average Bonchev–Trinajstić information content (AvgIpc) is 3.50. The predicted octanol–water partition coefficient (Wildman–Crippen LogP) is 14.8. The molecule has 0 spiro atoms. The highest BCUT2D eigenvalue weighted by atomic mass is 16.6. The molecule has 0 amide bonds. The Morgan fingerprint density at radius 2 is 1.07 bits per heavy atom. The third-order valence-corrected chi connectivity index (χ3v) is 11.7. The first-order valence-corrected chi connectivity index (χ1v) is 24.1. The molecule has 0 aromatic carbocycles. The summed E-state index contributed by atoms with van der Waals surface area (Å²) in [6.45, 7) is 7.61. The molecular formula is C51H93NO4. The highest BCUT2D eigenvalue weighted by molar-refractivity contribution is 5.69. The summed E-state index contributed by atoms with van der Waals surface area (Å²) in [5.74, 6) is 0.501. The molecule has 0 bridgehead atoms. The van der Waals surface area contributed by atoms with Crippen LogP contribution in [0, 0.1) is 11.8 Å². The number of esters is 1. The van der Waals surface area contributed by atoms with Gasteiger partial charge in [0.2, 0.25) is 0 Å². The van der Waals surface area contributed by atoms with Crippen molar-refractivity contribution in [3.05, 3.63) is 48.6 Å². The summed E-state index contributed by atoms with van der Waals surface area (Å²) in [4.78, 5) is 14.6. The van der Waals surface area contributed by atoms with Crippen LogP contribution in [-0.2, 0) is 14.3 Å². The fraction of sp³-hybridized carbons (Fsp3) is 0.824. The highest BCUT2D eigenvalue weighted by Crippen LogP contribution is 2.37. The molecular weight excluding hydrogens is 691 g/mol. The van der Waals surface area contributed by atoms with Crippen LogP contribution < -0.4 is 0 Å². The van der Waals surface area contributed by atoms with Crippen LogP contribution >= 0.6 is 0 Å². The standard InChI is InChI=1S/C51H93NO4/c1-6-8-10-12-14-16-18-20-22-24-26-28-30-32-34-36-39-48(40-37-35-33-31-29-27-25-23-21-19-17-15-13-11-9-7-2)55-51(54)45-47-42-43-49(46(47)3)56-50(53)41-38-44-52(4)5/h14-17,20-23,46-49,51,54H,6-13,18-19,24-45H2,1-5H3/b16-14-,17-15-,22-20-,23-21-. The lowest BCUT2D eigenvalue weighted by Gasteiger charge is -2.26. The molecule has 0 aromatic heterocycles. The first-order valence-electron chi connectivity index (χ1n) is 24.1. The van der Waals surface area contributed by atoms with Gasteiger partial charge >= 0.3 is 5.97 Å². The molecule has 0 aliphatic heterocycles. The first-order chi connectivity index (χ1) is 27.4. The molecule has 4 unspecified atom stereocenters. The zero-order chi connectivity index (χ0) is 40.7. The lowest BCUT2D eigenvalue weighted by Crippen LogP contribution is -2.28. The molecule has 326 valence electrons. The number of aliphatic hydroxyl groups excluding tert-OH is 1. The maximum Gasteiger partial charge on any atom is 0.306 e. The second-order valence-electron chi connectivity index (χ2n) is 17.3. The predicted molar refractivity (Wildman–Crippen MR) is 243 cm³/mol. The zero-order valence-electron chi connectivity index (χ0n) is 37.8. The van der Waals surface area contributed by atoms with Crippen molar-refractivity contribution >= 4 is 5.97 Å². The Bertz CT molecular complexity index is 938. The molecule has 1 aliphatic rings. The lowest BCUT2D eigenvalue weighted by molar-refractivity contribution is -0.155. The molecule has 0 heterocycles. The smallest absolute Gasteiger partial charge is 0.306 e. The second kappa shape index (κ2) is 38.8. The van der Waals surface area contributed by atoms with Gasteiger partial charge < -0.3 is 19.5 Å². The molecule has 4 atom stereocenters. The Labute approximate surface area is 348 Å². The molecule has 0 radical (unpaired) electrons. The van der Waals surface area contributed by atoms with Gasteiger partial charge in [-0.05, 0) is 129 Å². The topological polar surface area (TPSA) is 59.0 Å². The summed E-state index contributed by atoms with van der Waals surface area (Å²) in [6, 6.07) is 0. The van der Waals surface area contributed by atoms with Crippen LogP contribution in [0.4, 0.5) is 0 Å². The van der Waals surface area contributed by atoms with E-state index in [0.717, 1.165) is 51.5 Å². The van der Waals surface area contributed by atoms with Gasteiger partial charge in [0, 0.05) is 12.8 Å². The summed E-state index contributed by atoms with van der Waals surface area (Å²) in [6.07, 6.45) is 54.2. The number of ether oxygens (including phenoxy) is 2. The molecule has 1 saturated carbocycles. The number of nitrogens with zero attached hydrogens (tertiary/aromatic N) is 1. The van der Waals surface area contributed by atoms with E-state index in [-0.39, 0.29) is 24.1 Å². The number of allylic oxidation sites excluding steroid dienone is 8. The van der Waals surface area contributed by atoms with Crippen LogP contribution in [0.15, 0.2) is 48.6 Å². The van der Waals surface area contributed by atoms with Gasteiger partial charge in [0.15, 0.2) is 6.29 Å². The van der Waals surface area contributed by atoms with Crippen molar-refractivity contribution in [2.45, 2.75) is 238 Å². The summed E-state index contributed by atoms with van der Waals surface area (Å²) >= 11 is 0. The van der Waals surface area contributed by atoms with Gasteiger partial charge in [-0.2, -0.15) is 0 Å². The largest absolute Gasteiger partial charge is 0.462 e. The van der Waals surface area contributed by atoms with Gasteiger partial charge in [-0.25, -0.2) is 0 Å². The van der Waals surface area contributed by atoms with Gasteiger partial charge in [0.05, 0.1) is 6.10 Å². The van der Waals surface area contributed by atoms with E-state index in [4.69, 9.17) is 9.47 Å². The molecule has 56 heavy (non-hydrogen) atoms. The minimum absolute atomic E-state index is 0.0357. The zero-order valence-corrected chi connectivity index (χ0v) is 37.8. The second-order valence-corrected chi connectivity index (χ2v) is 17.3. The third-order valence-electron chi connectivity index (χ3n) is 11.7. The van der Waals surface area contributed by atoms with Crippen molar-refractivity contribution in [1.82, 2.24) is 4.90 Å². The van der Waals surface area contributed by atoms with E-state index in [1.165, 1.54) is 141 Å². The molecule has 5 nitrogen and oxygen atoms in total. The van der Waals surface area contributed by atoms with E-state index in [1.54, 1.807) is 0 Å². The van der Waals surface area contributed by atoms with E-state index in [2.05, 4.69) is 74.3 Å². The van der Waals surface area contributed by atoms with Gasteiger partial charge in [-0.1, -0.05) is 159 Å². The van der Waals surface area contributed by atoms with Crippen molar-refractivity contribution < 1.29 is 19.4 Å². The quantitative estimate of drug-likeness (QED) is 0.0291. The number of rotatable bonds is 39. The van der Waals surface area contributed by atoms with Crippen molar-refractivity contribution in [3.63, 3.8) is 0 Å². The molecule has 5 heteroatoms. The Morgan fingerprint density at radius 1 is 0.625 bits per heavy atom. The SMILES string of the molecule is CCCCC/C=C\C/C=C\CCCCCCCCC(CCCCCCCC/C=C\C/C=C\CCCCC)OC(O)CC1CCC(OC(=O)CCCN(C)C)C1C. The van der Waals surface area contributed by atoms with E-state index < -0.39 is 6.29 Å². The molecule has 0 saturated heterocycles. The van der Waals surface area contributed by atoms with Gasteiger partial charge in [-0.15, -0.1) is 0 Å². The highest BCUT2D eigenvalue weighted by Gasteiger charge is 2.36. The maximum absolute atomic E-state index is 12.5. The van der Waals surface area contributed by atoms with Crippen LogP contribution in [0.5, 0.6) is 0 Å². The fourth-order valence-corrected chi connectivity index (χ4v) is 8.01. The fourth-order valence-electron chi connectivity index (χ4n) is 8.01. The number of carbonyl (C=O) groups is 1. The monoisotopic (exact) mass is 784 g/mol. The normalized spacial score (nSPS) is 18.3. The van der Waals surface area contributed by atoms with Crippen LogP contribution in [0.25, 0.3) is 0 Å². The molecule has 0 aromatic rings. The van der Waals surface area contributed by atoms with Crippen molar-refractivity contribution in [2.24, 2.45) is 11.8 Å². The summed E-state index contributed by atoms with van der Waals surface area (Å²) in [7, 11) is 4.06. The molecule has 1 rings (SSSR count). The minimum atomic E-state index is -0.740. The Kier molecular flexibility index (Phi) is 36.3. The van der Waals surface area contributed by atoms with Gasteiger partial charge in [0.25, 0.3) is 0 Å².